The second-order valence-electron chi connectivity index (χ2n) is 12.9. The maximum atomic E-state index is 14.3. The van der Waals surface area contributed by atoms with Gasteiger partial charge >= 0.3 is 0 Å². The molecule has 0 bridgehead atoms. The highest BCUT2D eigenvalue weighted by molar-refractivity contribution is 6.32. The van der Waals surface area contributed by atoms with Crippen LogP contribution in [0.1, 0.15) is 67.4 Å². The molecule has 4 rings (SSSR count). The minimum Gasteiger partial charge on any atom is -0.507 e. The number of nitrogens with zero attached hydrogens (tertiary/aromatic N) is 3. The average Bonchev–Trinajstić information content (AvgIpc) is 2.92. The average molecular weight is 599 g/mol. The number of hydrogen-bond acceptors (Lipinski definition) is 10. The Morgan fingerprint density at radius 2 is 1.63 bits per heavy atom. The van der Waals surface area contributed by atoms with E-state index in [-0.39, 0.29) is 24.2 Å². The molecule has 0 saturated heterocycles. The zero-order valence-corrected chi connectivity index (χ0v) is 26.2. The van der Waals surface area contributed by atoms with Crippen LogP contribution in [-0.4, -0.2) is 102 Å². The number of carbonyl (C=O) groups is 5. The van der Waals surface area contributed by atoms with Gasteiger partial charge in [-0.05, 0) is 70.4 Å². The van der Waals surface area contributed by atoms with Crippen molar-refractivity contribution in [1.82, 2.24) is 9.80 Å². The van der Waals surface area contributed by atoms with Crippen LogP contribution in [0, 0.1) is 23.7 Å². The highest BCUT2D eigenvalue weighted by Crippen LogP contribution is 2.52. The number of ketones is 4. The second-order valence-corrected chi connectivity index (χ2v) is 12.9. The minimum absolute atomic E-state index is 0.0289. The number of unbranched alkanes of at least 4 members (excludes halogenated alkanes) is 2. The Kier molecular flexibility index (Phi) is 9.49. The quantitative estimate of drug-likeness (QED) is 0.317. The van der Waals surface area contributed by atoms with Crippen molar-refractivity contribution in [2.45, 2.75) is 70.6 Å². The summed E-state index contributed by atoms with van der Waals surface area (Å²) in [5, 5.41) is 23.4. The summed E-state index contributed by atoms with van der Waals surface area (Å²) >= 11 is 0. The second kappa shape index (κ2) is 12.5. The smallest absolute Gasteiger partial charge is 0.235 e. The molecule has 0 radical (unpaired) electrons. The van der Waals surface area contributed by atoms with Gasteiger partial charge in [-0.25, -0.2) is 0 Å². The van der Waals surface area contributed by atoms with Crippen LogP contribution >= 0.6 is 0 Å². The first-order valence-electron chi connectivity index (χ1n) is 15.3. The van der Waals surface area contributed by atoms with E-state index in [4.69, 9.17) is 5.73 Å². The Labute approximate surface area is 253 Å². The number of benzene rings is 1. The first kappa shape index (κ1) is 32.8. The molecule has 11 heteroatoms. The Hall–Kier alpha value is -3.15. The van der Waals surface area contributed by atoms with Gasteiger partial charge in [0.15, 0.2) is 34.7 Å². The number of carbonyl (C=O) groups excluding carboxylic acids is 5. The molecule has 3 aliphatic rings. The molecule has 11 nitrogen and oxygen atoms in total. The van der Waals surface area contributed by atoms with Gasteiger partial charge in [-0.1, -0.05) is 26.7 Å². The van der Waals surface area contributed by atoms with E-state index in [1.54, 1.807) is 14.1 Å². The van der Waals surface area contributed by atoms with Crippen LogP contribution in [0.3, 0.4) is 0 Å². The SMILES string of the molecule is CCCCN(CCCC)Cc1cc(N(C)C)c2c(c1O)C(=O)C1C(=O)C3(O)C(=O)C(C(N)=O)C(=O)C(N(C)C)C3CC1C2. The Morgan fingerprint density at radius 3 is 2.14 bits per heavy atom. The molecule has 0 aliphatic heterocycles. The third kappa shape index (κ3) is 5.40. The van der Waals surface area contributed by atoms with E-state index < -0.39 is 64.4 Å². The van der Waals surface area contributed by atoms with Crippen LogP contribution in [0.2, 0.25) is 0 Å². The van der Waals surface area contributed by atoms with Crippen molar-refractivity contribution in [3.63, 3.8) is 0 Å². The van der Waals surface area contributed by atoms with E-state index in [1.165, 1.54) is 4.90 Å². The summed E-state index contributed by atoms with van der Waals surface area (Å²) in [6.45, 7) is 6.33. The van der Waals surface area contributed by atoms with Crippen LogP contribution < -0.4 is 10.6 Å². The number of fused-ring (bicyclic) bond motifs is 3. The molecule has 6 atom stereocenters. The molecule has 6 unspecified atom stereocenters. The van der Waals surface area contributed by atoms with E-state index in [0.717, 1.165) is 44.5 Å². The molecule has 43 heavy (non-hydrogen) atoms. The van der Waals surface area contributed by atoms with Gasteiger partial charge in [-0.15, -0.1) is 0 Å². The topological polar surface area (TPSA) is 162 Å². The van der Waals surface area contributed by atoms with Crippen molar-refractivity contribution in [1.29, 1.82) is 0 Å². The number of amides is 1. The van der Waals surface area contributed by atoms with Gasteiger partial charge in [-0.2, -0.15) is 0 Å². The molecule has 3 aliphatic carbocycles. The number of rotatable bonds is 11. The zero-order chi connectivity index (χ0) is 32.0. The number of aliphatic hydroxyl groups is 1. The van der Waals surface area contributed by atoms with Gasteiger partial charge < -0.3 is 20.8 Å². The normalized spacial score (nSPS) is 28.6. The van der Waals surface area contributed by atoms with Crippen LogP contribution in [-0.2, 0) is 32.1 Å². The fourth-order valence-electron chi connectivity index (χ4n) is 7.50. The van der Waals surface area contributed by atoms with Crippen molar-refractivity contribution in [3.8, 4) is 5.75 Å². The first-order chi connectivity index (χ1) is 20.2. The van der Waals surface area contributed by atoms with Crippen molar-refractivity contribution in [2.24, 2.45) is 29.4 Å². The molecular weight excluding hydrogens is 552 g/mol. The molecular formula is C32H46N4O7. The number of Topliss-reactive ketones (excluding diaryl/α,β-unsaturated/α-hetero) is 4. The highest BCUT2D eigenvalue weighted by atomic mass is 16.3. The van der Waals surface area contributed by atoms with Gasteiger partial charge in [0.05, 0.1) is 17.5 Å². The molecule has 236 valence electrons. The first-order valence-corrected chi connectivity index (χ1v) is 15.3. The molecule has 2 saturated carbocycles. The lowest BCUT2D eigenvalue weighted by molar-refractivity contribution is -0.181. The lowest BCUT2D eigenvalue weighted by atomic mass is 9.52. The van der Waals surface area contributed by atoms with Gasteiger partial charge in [-0.3, -0.25) is 33.8 Å². The maximum Gasteiger partial charge on any atom is 0.235 e. The summed E-state index contributed by atoms with van der Waals surface area (Å²) in [5.74, 6) is -10.3. The summed E-state index contributed by atoms with van der Waals surface area (Å²) in [6.07, 6.45) is 4.28. The number of phenolic OH excluding ortho intramolecular Hbond substituents is 1. The summed E-state index contributed by atoms with van der Waals surface area (Å²) in [5.41, 5.74) is 4.65. The molecule has 1 aromatic rings. The third-order valence-corrected chi connectivity index (χ3v) is 9.65. The standard InChI is InChI=1S/C32H46N4O7/c1-7-9-11-36(12-10-8-2)16-18-15-21(34(3)4)19-13-17-14-20-25(35(5)6)28(39)24(31(33)42)30(41)32(20,43)29(40)22(17)27(38)23(19)26(18)37/h15,17,20,22,24-25,37,43H,7-14,16H2,1-6H3,(H2,33,42). The van der Waals surface area contributed by atoms with Crippen LogP contribution in [0.15, 0.2) is 6.07 Å². The molecule has 0 aromatic heterocycles. The molecule has 0 spiro atoms. The summed E-state index contributed by atoms with van der Waals surface area (Å²) in [4.78, 5) is 73.0. The van der Waals surface area contributed by atoms with Crippen molar-refractivity contribution in [3.05, 3.63) is 22.8 Å². The Bertz CT molecular complexity index is 1320. The third-order valence-electron chi connectivity index (χ3n) is 9.65. The van der Waals surface area contributed by atoms with E-state index in [0.29, 0.717) is 17.7 Å². The van der Waals surface area contributed by atoms with Gasteiger partial charge in [0, 0.05) is 37.8 Å². The largest absolute Gasteiger partial charge is 0.507 e. The summed E-state index contributed by atoms with van der Waals surface area (Å²) in [7, 11) is 6.86. The summed E-state index contributed by atoms with van der Waals surface area (Å²) < 4.78 is 0. The number of anilines is 1. The van der Waals surface area contributed by atoms with Crippen LogP contribution in [0.4, 0.5) is 5.69 Å². The maximum absolute atomic E-state index is 14.3. The van der Waals surface area contributed by atoms with Crippen LogP contribution in [0.5, 0.6) is 5.75 Å². The van der Waals surface area contributed by atoms with E-state index >= 15 is 0 Å². The molecule has 1 aromatic carbocycles. The number of hydrogen-bond donors (Lipinski definition) is 3. The predicted octanol–water partition coefficient (Wildman–Crippen LogP) is 1.34. The number of primary amides is 1. The minimum atomic E-state index is -2.73. The van der Waals surface area contributed by atoms with E-state index in [1.807, 2.05) is 25.1 Å². The fraction of sp³-hybridized carbons (Fsp3) is 0.656. The lowest BCUT2D eigenvalue weighted by Gasteiger charge is -2.52. The van der Waals surface area contributed by atoms with Gasteiger partial charge in [0.2, 0.25) is 5.91 Å². The Balaban J connectivity index is 1.82. The number of nitrogens with two attached hydrogens (primary N) is 1. The molecule has 2 fully saturated rings. The molecule has 4 N–H and O–H groups in total. The Morgan fingerprint density at radius 1 is 1.02 bits per heavy atom. The van der Waals surface area contributed by atoms with E-state index in [9.17, 15) is 34.2 Å². The zero-order valence-electron chi connectivity index (χ0n) is 26.2. The van der Waals surface area contributed by atoms with E-state index in [2.05, 4.69) is 18.7 Å². The van der Waals surface area contributed by atoms with Crippen molar-refractivity contribution < 1.29 is 34.2 Å². The molecule has 1 amide bonds. The lowest BCUT2D eigenvalue weighted by Crippen LogP contribution is -2.74. The fourth-order valence-corrected chi connectivity index (χ4v) is 7.50. The van der Waals surface area contributed by atoms with Crippen LogP contribution in [0.25, 0.3) is 0 Å². The monoisotopic (exact) mass is 598 g/mol. The predicted molar refractivity (Wildman–Crippen MR) is 161 cm³/mol. The van der Waals surface area contributed by atoms with Crippen molar-refractivity contribution in [2.75, 3.05) is 46.2 Å². The summed E-state index contributed by atoms with van der Waals surface area (Å²) in [6, 6.07) is 0.782. The number of aromatic hydroxyl groups is 1. The number of phenols is 1. The number of likely N-dealkylation sites (N-methyl/N-ethyl adjacent to an activating group) is 1. The highest BCUT2D eigenvalue weighted by Gasteiger charge is 2.69. The molecule has 0 heterocycles. The van der Waals surface area contributed by atoms with Crippen molar-refractivity contribution >= 4 is 34.7 Å². The van der Waals surface area contributed by atoms with Gasteiger partial charge in [0.1, 0.15) is 5.75 Å². The van der Waals surface area contributed by atoms with Gasteiger partial charge in [0.25, 0.3) is 0 Å².